The van der Waals surface area contributed by atoms with E-state index in [1.54, 1.807) is 0 Å². The average molecular weight is 430 g/mol. The molecule has 2 bridgehead atoms. The minimum atomic E-state index is 0.0784. The third kappa shape index (κ3) is 2.88. The average Bonchev–Trinajstić information content (AvgIpc) is 3.45. The fraction of sp³-hybridized carbons (Fsp3) is 0.615. The summed E-state index contributed by atoms with van der Waals surface area (Å²) >= 11 is 0. The summed E-state index contributed by atoms with van der Waals surface area (Å²) in [5, 5.41) is 4.61. The fourth-order valence-electron chi connectivity index (χ4n) is 6.92. The van der Waals surface area contributed by atoms with Crippen LogP contribution in [0.2, 0.25) is 0 Å². The van der Waals surface area contributed by atoms with Crippen molar-refractivity contribution in [3.05, 3.63) is 47.3 Å². The summed E-state index contributed by atoms with van der Waals surface area (Å²) in [5.41, 5.74) is 7.35. The van der Waals surface area contributed by atoms with Gasteiger partial charge in [-0.2, -0.15) is 5.10 Å². The van der Waals surface area contributed by atoms with Crippen LogP contribution in [0.4, 0.5) is 0 Å². The molecule has 6 heteroatoms. The quantitative estimate of drug-likeness (QED) is 0.561. The van der Waals surface area contributed by atoms with E-state index in [0.29, 0.717) is 17.4 Å². The van der Waals surface area contributed by atoms with Crippen molar-refractivity contribution in [2.75, 3.05) is 0 Å². The van der Waals surface area contributed by atoms with Crippen molar-refractivity contribution in [2.24, 2.45) is 5.41 Å². The predicted octanol–water partition coefficient (Wildman–Crippen LogP) is 5.33. The van der Waals surface area contributed by atoms with E-state index in [-0.39, 0.29) is 17.6 Å². The number of aromatic nitrogens is 5. The molecule has 5 aliphatic rings. The van der Waals surface area contributed by atoms with Crippen molar-refractivity contribution in [2.45, 2.75) is 95.3 Å². The van der Waals surface area contributed by atoms with E-state index in [1.165, 1.54) is 49.1 Å². The summed E-state index contributed by atoms with van der Waals surface area (Å²) < 4.78 is 8.51. The lowest BCUT2D eigenvalue weighted by Crippen LogP contribution is -2.63. The molecule has 1 saturated heterocycles. The number of hydrogen-bond donors (Lipinski definition) is 0. The Hall–Kier alpha value is -2.34. The van der Waals surface area contributed by atoms with Crippen LogP contribution < -0.4 is 0 Å². The molecule has 8 rings (SSSR count). The second-order valence-electron chi connectivity index (χ2n) is 11.5. The monoisotopic (exact) mass is 429 g/mol. The highest BCUT2D eigenvalue weighted by atomic mass is 16.5. The molecule has 3 aromatic heterocycles. The summed E-state index contributed by atoms with van der Waals surface area (Å²) in [6.45, 7) is 6.62. The summed E-state index contributed by atoms with van der Waals surface area (Å²) in [4.78, 5) is 15.0. The van der Waals surface area contributed by atoms with Gasteiger partial charge in [-0.1, -0.05) is 6.92 Å². The Bertz CT molecular complexity index is 1210. The van der Waals surface area contributed by atoms with Crippen LogP contribution in [0.1, 0.15) is 99.5 Å². The van der Waals surface area contributed by atoms with E-state index in [2.05, 4.69) is 35.9 Å². The first-order chi connectivity index (χ1) is 15.4. The number of fused-ring (bicyclic) bond motifs is 1. The van der Waals surface area contributed by atoms with E-state index < -0.39 is 0 Å². The maximum atomic E-state index is 6.39. The lowest BCUT2D eigenvalue weighted by Gasteiger charge is -2.69. The second-order valence-corrected chi connectivity index (χ2v) is 11.5. The van der Waals surface area contributed by atoms with Gasteiger partial charge < -0.3 is 4.74 Å². The molecule has 3 aromatic rings. The van der Waals surface area contributed by atoms with Gasteiger partial charge in [0.15, 0.2) is 0 Å². The van der Waals surface area contributed by atoms with Crippen molar-refractivity contribution in [1.29, 1.82) is 0 Å². The molecule has 0 unspecified atom stereocenters. The van der Waals surface area contributed by atoms with Crippen molar-refractivity contribution in [1.82, 2.24) is 24.7 Å². The molecule has 6 nitrogen and oxygen atoms in total. The van der Waals surface area contributed by atoms with E-state index in [1.807, 2.05) is 19.3 Å². The molecule has 4 aliphatic carbocycles. The maximum Gasteiger partial charge on any atom is 0.111 e. The smallest absolute Gasteiger partial charge is 0.111 e. The first kappa shape index (κ1) is 19.2. The summed E-state index contributed by atoms with van der Waals surface area (Å²) in [6, 6.07) is 2.81. The number of pyridine rings is 1. The van der Waals surface area contributed by atoms with Gasteiger partial charge in [-0.05, 0) is 70.3 Å². The standard InChI is InChI=1S/C26H31N5O/c1-15-9-27-23-21(29-15)8-20(30-24(23)26-12-25(3,13-26)14-26)17-6-16(2)32-22(7-17)18-10-28-31(11-18)19-4-5-19/h8-11,16-17,19,22H,4-7,12-14H2,1-3H3/t16-,17-,22-,25?,26?/m0/s1. The van der Waals surface area contributed by atoms with Gasteiger partial charge in [0, 0.05) is 35.0 Å². The minimum Gasteiger partial charge on any atom is -0.370 e. The molecule has 0 radical (unpaired) electrons. The van der Waals surface area contributed by atoms with Crippen LogP contribution in [0.25, 0.3) is 11.0 Å². The van der Waals surface area contributed by atoms with Crippen molar-refractivity contribution in [3.8, 4) is 0 Å². The third-order valence-electron chi connectivity index (χ3n) is 8.31. The van der Waals surface area contributed by atoms with Crippen molar-refractivity contribution in [3.63, 3.8) is 0 Å². The molecule has 0 spiro atoms. The van der Waals surface area contributed by atoms with Gasteiger partial charge in [0.1, 0.15) is 5.52 Å². The SMILES string of the molecule is Cc1cnc2c(C34CC(C)(C3)C4)nc([C@@H]3C[C@@H](c4cnn(C5CC5)c4)O[C@@H](C)C3)cc2n1. The molecule has 3 atom stereocenters. The van der Waals surface area contributed by atoms with E-state index in [9.17, 15) is 0 Å². The Morgan fingerprint density at radius 1 is 1.09 bits per heavy atom. The van der Waals surface area contributed by atoms with Crippen LogP contribution >= 0.6 is 0 Å². The Balaban J connectivity index is 1.26. The van der Waals surface area contributed by atoms with Gasteiger partial charge >= 0.3 is 0 Å². The van der Waals surface area contributed by atoms with E-state index in [0.717, 1.165) is 29.6 Å². The van der Waals surface area contributed by atoms with Crippen LogP contribution in [0.15, 0.2) is 24.7 Å². The Labute approximate surface area is 188 Å². The van der Waals surface area contributed by atoms with Crippen LogP contribution in [0.3, 0.4) is 0 Å². The molecular formula is C26H31N5O. The molecule has 0 N–H and O–H groups in total. The highest BCUT2D eigenvalue weighted by Gasteiger charge is 2.67. The van der Waals surface area contributed by atoms with Crippen molar-refractivity contribution >= 4 is 11.0 Å². The minimum absolute atomic E-state index is 0.0784. The molecule has 4 saturated carbocycles. The Morgan fingerprint density at radius 2 is 1.91 bits per heavy atom. The van der Waals surface area contributed by atoms with E-state index >= 15 is 0 Å². The van der Waals surface area contributed by atoms with Crippen LogP contribution in [-0.4, -0.2) is 30.8 Å². The highest BCUT2D eigenvalue weighted by Crippen LogP contribution is 2.73. The topological polar surface area (TPSA) is 65.7 Å². The molecule has 1 aliphatic heterocycles. The number of nitrogens with zero attached hydrogens (tertiary/aromatic N) is 5. The zero-order valence-electron chi connectivity index (χ0n) is 19.2. The molecule has 0 amide bonds. The summed E-state index contributed by atoms with van der Waals surface area (Å²) in [7, 11) is 0. The molecular weight excluding hydrogens is 398 g/mol. The van der Waals surface area contributed by atoms with Gasteiger partial charge in [0.2, 0.25) is 0 Å². The zero-order chi connectivity index (χ0) is 21.7. The molecule has 4 heterocycles. The van der Waals surface area contributed by atoms with Crippen LogP contribution in [0.5, 0.6) is 0 Å². The first-order valence-corrected chi connectivity index (χ1v) is 12.2. The molecule has 0 aromatic carbocycles. The number of aryl methyl sites for hydroxylation is 1. The maximum absolute atomic E-state index is 6.39. The fourth-order valence-corrected chi connectivity index (χ4v) is 6.92. The normalized spacial score (nSPS) is 36.0. The highest BCUT2D eigenvalue weighted by molar-refractivity contribution is 5.79. The Morgan fingerprint density at radius 3 is 2.66 bits per heavy atom. The summed E-state index contributed by atoms with van der Waals surface area (Å²) in [5.74, 6) is 0.362. The van der Waals surface area contributed by atoms with Crippen molar-refractivity contribution < 1.29 is 4.74 Å². The molecule has 166 valence electrons. The van der Waals surface area contributed by atoms with E-state index in [4.69, 9.17) is 19.7 Å². The molecule has 32 heavy (non-hydrogen) atoms. The zero-order valence-corrected chi connectivity index (χ0v) is 19.2. The summed E-state index contributed by atoms with van der Waals surface area (Å²) in [6.07, 6.45) is 14.5. The Kier molecular flexibility index (Phi) is 3.82. The van der Waals surface area contributed by atoms with Crippen LogP contribution in [0, 0.1) is 12.3 Å². The number of rotatable bonds is 4. The van der Waals surface area contributed by atoms with Gasteiger partial charge in [-0.3, -0.25) is 14.6 Å². The third-order valence-corrected chi connectivity index (χ3v) is 8.31. The first-order valence-electron chi connectivity index (χ1n) is 12.2. The molecule has 5 fully saturated rings. The van der Waals surface area contributed by atoms with Gasteiger partial charge in [-0.25, -0.2) is 4.98 Å². The van der Waals surface area contributed by atoms with Gasteiger partial charge in [-0.15, -0.1) is 0 Å². The van der Waals surface area contributed by atoms with Gasteiger partial charge in [0.05, 0.1) is 41.4 Å². The largest absolute Gasteiger partial charge is 0.370 e. The van der Waals surface area contributed by atoms with Crippen LogP contribution in [-0.2, 0) is 10.2 Å². The van der Waals surface area contributed by atoms with Gasteiger partial charge in [0.25, 0.3) is 0 Å². The lowest BCUT2D eigenvalue weighted by atomic mass is 9.35. The number of ether oxygens (including phenoxy) is 1. The second kappa shape index (κ2) is 6.37. The number of hydrogen-bond acceptors (Lipinski definition) is 5. The predicted molar refractivity (Wildman–Crippen MR) is 121 cm³/mol. The lowest BCUT2D eigenvalue weighted by molar-refractivity contribution is -0.127.